The molecule has 12 heteroatoms. The molecule has 0 unspecified atom stereocenters. The van der Waals surface area contributed by atoms with E-state index in [0.29, 0.717) is 37.7 Å². The minimum atomic E-state index is -0.316. The zero-order valence-electron chi connectivity index (χ0n) is 22.3. The first kappa shape index (κ1) is 27.0. The summed E-state index contributed by atoms with van der Waals surface area (Å²) < 4.78 is 18.4. The van der Waals surface area contributed by atoms with Crippen LogP contribution in [0.5, 0.6) is 0 Å². The number of anilines is 3. The molecule has 1 saturated heterocycles. The van der Waals surface area contributed by atoms with E-state index in [1.165, 1.54) is 5.56 Å². The number of nitrogens with one attached hydrogen (secondary N) is 2. The van der Waals surface area contributed by atoms with Gasteiger partial charge in [-0.3, -0.25) is 0 Å². The standard InChI is InChI=1S/C29H30BrN7O4/c30-11-9-20-1-5-22(6-2-20)32-29(38)33-23-7-3-21(4-8-23)26-34-27(36-13-15-39-16-14-36)25-28(35-26)37(19-31-25)12-10-24-40-17-18-41-24/h1-8,17-19,24H,9-16H2,(H2,32,33,38). The Bertz CT molecular complexity index is 1510. The summed E-state index contributed by atoms with van der Waals surface area (Å²) in [6, 6.07) is 15.0. The summed E-state index contributed by atoms with van der Waals surface area (Å²) in [5.74, 6) is 1.36. The van der Waals surface area contributed by atoms with E-state index < -0.39 is 0 Å². The molecule has 2 N–H and O–H groups in total. The van der Waals surface area contributed by atoms with E-state index in [4.69, 9.17) is 24.2 Å². The highest BCUT2D eigenvalue weighted by Gasteiger charge is 2.22. The van der Waals surface area contributed by atoms with Crippen molar-refractivity contribution in [2.75, 3.05) is 47.2 Å². The fourth-order valence-electron chi connectivity index (χ4n) is 4.73. The summed E-state index contributed by atoms with van der Waals surface area (Å²) in [7, 11) is 0. The van der Waals surface area contributed by atoms with Crippen molar-refractivity contribution in [2.24, 2.45) is 0 Å². The van der Waals surface area contributed by atoms with Gasteiger partial charge in [0.15, 0.2) is 22.8 Å². The first-order valence-corrected chi connectivity index (χ1v) is 14.6. The van der Waals surface area contributed by atoms with Crippen LogP contribution in [0, 0.1) is 0 Å². The Morgan fingerprint density at radius 3 is 2.32 bits per heavy atom. The summed E-state index contributed by atoms with van der Waals surface area (Å²) in [4.78, 5) is 29.3. The summed E-state index contributed by atoms with van der Waals surface area (Å²) in [5, 5.41) is 6.66. The van der Waals surface area contributed by atoms with Crippen molar-refractivity contribution in [3.8, 4) is 11.4 Å². The zero-order valence-corrected chi connectivity index (χ0v) is 23.9. The molecule has 2 aliphatic heterocycles. The second-order valence-electron chi connectivity index (χ2n) is 9.64. The van der Waals surface area contributed by atoms with Gasteiger partial charge in [-0.2, -0.15) is 0 Å². The highest BCUT2D eigenvalue weighted by molar-refractivity contribution is 9.09. The third-order valence-electron chi connectivity index (χ3n) is 6.87. The number of hydrogen-bond acceptors (Lipinski definition) is 8. The minimum Gasteiger partial charge on any atom is -0.459 e. The number of carbonyl (C=O) groups excluding carboxylic acids is 1. The van der Waals surface area contributed by atoms with Crippen LogP contribution in [0.1, 0.15) is 12.0 Å². The molecule has 2 aliphatic rings. The number of urea groups is 1. The number of ether oxygens (including phenoxy) is 3. The van der Waals surface area contributed by atoms with Crippen LogP contribution >= 0.6 is 15.9 Å². The lowest BCUT2D eigenvalue weighted by molar-refractivity contribution is -0.0304. The molecule has 6 rings (SSSR count). The fraction of sp³-hybridized carbons (Fsp3) is 0.310. The number of hydrogen-bond donors (Lipinski definition) is 2. The summed E-state index contributed by atoms with van der Waals surface area (Å²) in [6.07, 6.45) is 6.17. The van der Waals surface area contributed by atoms with Crippen molar-refractivity contribution >= 4 is 50.3 Å². The number of halogens is 1. The summed E-state index contributed by atoms with van der Waals surface area (Å²) in [5.41, 5.74) is 4.91. The predicted molar refractivity (Wildman–Crippen MR) is 160 cm³/mol. The number of carbonyl (C=O) groups is 1. The molecule has 0 atom stereocenters. The number of rotatable bonds is 9. The highest BCUT2D eigenvalue weighted by atomic mass is 79.9. The lowest BCUT2D eigenvalue weighted by Gasteiger charge is -2.28. The molecule has 1 fully saturated rings. The fourth-order valence-corrected chi connectivity index (χ4v) is 5.19. The minimum absolute atomic E-state index is 0.312. The Kier molecular flexibility index (Phi) is 8.28. The third kappa shape index (κ3) is 6.44. The van der Waals surface area contributed by atoms with Crippen molar-refractivity contribution in [1.82, 2.24) is 19.5 Å². The second kappa shape index (κ2) is 12.6. The SMILES string of the molecule is O=C(Nc1ccc(CCBr)cc1)Nc1ccc(-c2nc(N3CCOCC3)c3ncn(CCC4OC=CO4)c3n2)cc1. The summed E-state index contributed by atoms with van der Waals surface area (Å²) in [6.45, 7) is 3.35. The molecule has 0 saturated carbocycles. The van der Waals surface area contributed by atoms with Crippen molar-refractivity contribution in [1.29, 1.82) is 0 Å². The number of imidazole rings is 1. The molecule has 2 aromatic carbocycles. The number of alkyl halides is 1. The van der Waals surface area contributed by atoms with Crippen molar-refractivity contribution < 1.29 is 19.0 Å². The number of aryl methyl sites for hydroxylation is 2. The van der Waals surface area contributed by atoms with Crippen LogP contribution in [-0.2, 0) is 27.2 Å². The Labute approximate surface area is 245 Å². The molecule has 11 nitrogen and oxygen atoms in total. The Hall–Kier alpha value is -4.16. The maximum Gasteiger partial charge on any atom is 0.323 e. The molecule has 4 heterocycles. The first-order valence-electron chi connectivity index (χ1n) is 13.5. The van der Waals surface area contributed by atoms with Crippen LogP contribution < -0.4 is 15.5 Å². The number of nitrogens with zero attached hydrogens (tertiary/aromatic N) is 5. The average molecular weight is 621 g/mol. The summed E-state index contributed by atoms with van der Waals surface area (Å²) >= 11 is 3.44. The van der Waals surface area contributed by atoms with Crippen LogP contribution in [0.15, 0.2) is 67.4 Å². The number of amides is 2. The van der Waals surface area contributed by atoms with Gasteiger partial charge in [0, 0.05) is 48.3 Å². The van der Waals surface area contributed by atoms with Gasteiger partial charge in [0.25, 0.3) is 0 Å². The quantitative estimate of drug-likeness (QED) is 0.247. The van der Waals surface area contributed by atoms with Crippen LogP contribution in [-0.4, -0.2) is 63.5 Å². The molecule has 0 radical (unpaired) electrons. The maximum absolute atomic E-state index is 12.6. The monoisotopic (exact) mass is 619 g/mol. The highest BCUT2D eigenvalue weighted by Crippen LogP contribution is 2.28. The number of benzene rings is 2. The van der Waals surface area contributed by atoms with Crippen LogP contribution in [0.25, 0.3) is 22.6 Å². The van der Waals surface area contributed by atoms with Gasteiger partial charge in [0.1, 0.15) is 12.5 Å². The van der Waals surface area contributed by atoms with Crippen LogP contribution in [0.4, 0.5) is 22.0 Å². The zero-order chi connectivity index (χ0) is 28.0. The van der Waals surface area contributed by atoms with Gasteiger partial charge < -0.3 is 34.3 Å². The van der Waals surface area contributed by atoms with Crippen molar-refractivity contribution in [3.63, 3.8) is 0 Å². The molecule has 2 aromatic heterocycles. The molecule has 0 bridgehead atoms. The number of morpholine rings is 1. The first-order chi connectivity index (χ1) is 20.2. The maximum atomic E-state index is 12.6. The van der Waals surface area contributed by atoms with Gasteiger partial charge in [-0.1, -0.05) is 28.1 Å². The molecule has 0 spiro atoms. The van der Waals surface area contributed by atoms with Gasteiger partial charge >= 0.3 is 6.03 Å². The van der Waals surface area contributed by atoms with E-state index in [1.807, 2.05) is 53.1 Å². The third-order valence-corrected chi connectivity index (χ3v) is 7.27. The molecule has 41 heavy (non-hydrogen) atoms. The van der Waals surface area contributed by atoms with Gasteiger partial charge in [-0.05, 0) is 48.4 Å². The second-order valence-corrected chi connectivity index (χ2v) is 10.4. The smallest absolute Gasteiger partial charge is 0.323 e. The van der Waals surface area contributed by atoms with E-state index in [1.54, 1.807) is 18.9 Å². The lowest BCUT2D eigenvalue weighted by atomic mass is 10.1. The molecule has 4 aromatic rings. The average Bonchev–Trinajstić information content (AvgIpc) is 3.68. The van der Waals surface area contributed by atoms with Crippen LogP contribution in [0.3, 0.4) is 0 Å². The van der Waals surface area contributed by atoms with Gasteiger partial charge in [-0.15, -0.1) is 0 Å². The van der Waals surface area contributed by atoms with Gasteiger partial charge in [-0.25, -0.2) is 19.7 Å². The van der Waals surface area contributed by atoms with E-state index >= 15 is 0 Å². The largest absolute Gasteiger partial charge is 0.459 e. The van der Waals surface area contributed by atoms with Gasteiger partial charge in [0.05, 0.1) is 19.5 Å². The Morgan fingerprint density at radius 1 is 0.951 bits per heavy atom. The molecule has 2 amide bonds. The van der Waals surface area contributed by atoms with E-state index in [-0.39, 0.29) is 12.3 Å². The topological polar surface area (TPSA) is 116 Å². The molecule has 212 valence electrons. The Morgan fingerprint density at radius 2 is 1.63 bits per heavy atom. The molecular weight excluding hydrogens is 590 g/mol. The van der Waals surface area contributed by atoms with Crippen LogP contribution in [0.2, 0.25) is 0 Å². The molecular formula is C29H30BrN7O4. The number of fused-ring (bicyclic) bond motifs is 1. The number of aromatic nitrogens is 4. The van der Waals surface area contributed by atoms with Crippen molar-refractivity contribution in [3.05, 3.63) is 72.9 Å². The lowest BCUT2D eigenvalue weighted by Crippen LogP contribution is -2.37. The Balaban J connectivity index is 1.20. The van der Waals surface area contributed by atoms with E-state index in [2.05, 4.69) is 36.4 Å². The van der Waals surface area contributed by atoms with Gasteiger partial charge in [0.2, 0.25) is 6.29 Å². The predicted octanol–water partition coefficient (Wildman–Crippen LogP) is 5.15. The van der Waals surface area contributed by atoms with E-state index in [9.17, 15) is 4.79 Å². The molecule has 0 aliphatic carbocycles. The van der Waals surface area contributed by atoms with Crippen molar-refractivity contribution in [2.45, 2.75) is 25.7 Å². The van der Waals surface area contributed by atoms with E-state index in [0.717, 1.165) is 53.1 Å². The normalized spacial score (nSPS) is 15.1.